The number of unbranched alkanes of at least 4 members (excludes halogenated alkanes) is 5. The van der Waals surface area contributed by atoms with E-state index in [1.165, 1.54) is 38.3 Å². The van der Waals surface area contributed by atoms with Crippen molar-refractivity contribution in [3.8, 4) is 0 Å². The van der Waals surface area contributed by atoms with Gasteiger partial charge in [0.1, 0.15) is 0 Å². The maximum Gasteiger partial charge on any atom is 0.0137 e. The van der Waals surface area contributed by atoms with Crippen LogP contribution in [0.2, 0.25) is 0 Å². The van der Waals surface area contributed by atoms with Crippen LogP contribution in [0.25, 0.3) is 0 Å². The minimum absolute atomic E-state index is 1.09. The maximum absolute atomic E-state index is 6.74. The molecule has 0 fully saturated rings. The Kier molecular flexibility index (Phi) is 8.15. The summed E-state index contributed by atoms with van der Waals surface area (Å²) in [6.45, 7) is 2.23. The lowest BCUT2D eigenvalue weighted by molar-refractivity contribution is 0.637. The fourth-order valence-corrected chi connectivity index (χ4v) is 0.949. The van der Waals surface area contributed by atoms with Crippen LogP contribution >= 0.6 is 0 Å². The lowest BCUT2D eigenvalue weighted by atomic mass is 10.1. The zero-order valence-corrected chi connectivity index (χ0v) is 6.90. The van der Waals surface area contributed by atoms with Crippen LogP contribution in [0.5, 0.6) is 0 Å². The fourth-order valence-electron chi connectivity index (χ4n) is 0.949. The molecule has 1 nitrogen and oxygen atoms in total. The SMILES string of the molecule is CCCCCCCC=C[NH]. The largest absolute Gasteiger partial charge is 0.309 e. The molecule has 59 valence electrons. The third kappa shape index (κ3) is 7.54. The lowest BCUT2D eigenvalue weighted by Gasteiger charge is -1.94. The molecule has 10 heavy (non-hydrogen) atoms. The molecule has 0 saturated heterocycles. The highest BCUT2D eigenvalue weighted by molar-refractivity contribution is 4.74. The Morgan fingerprint density at radius 3 is 2.40 bits per heavy atom. The molecule has 0 aromatic rings. The van der Waals surface area contributed by atoms with Gasteiger partial charge in [-0.05, 0) is 12.8 Å². The fraction of sp³-hybridized carbons (Fsp3) is 0.778. The molecule has 0 aliphatic carbocycles. The van der Waals surface area contributed by atoms with Crippen LogP contribution < -0.4 is 5.73 Å². The van der Waals surface area contributed by atoms with Crippen LogP contribution in [0, 0.1) is 0 Å². The highest BCUT2D eigenvalue weighted by Gasteiger charge is 1.85. The molecule has 1 heteroatoms. The van der Waals surface area contributed by atoms with Crippen molar-refractivity contribution in [1.82, 2.24) is 5.73 Å². The van der Waals surface area contributed by atoms with E-state index in [2.05, 4.69) is 6.92 Å². The minimum Gasteiger partial charge on any atom is -0.309 e. The number of rotatable bonds is 6. The van der Waals surface area contributed by atoms with E-state index in [1.807, 2.05) is 6.08 Å². The molecule has 0 spiro atoms. The predicted molar refractivity (Wildman–Crippen MR) is 45.6 cm³/mol. The molecule has 1 N–H and O–H groups in total. The summed E-state index contributed by atoms with van der Waals surface area (Å²) in [6, 6.07) is 0. The van der Waals surface area contributed by atoms with Gasteiger partial charge in [-0.25, -0.2) is 0 Å². The van der Waals surface area contributed by atoms with Gasteiger partial charge in [-0.15, -0.1) is 0 Å². The summed E-state index contributed by atoms with van der Waals surface area (Å²) in [4.78, 5) is 0. The Hall–Kier alpha value is -0.460. The van der Waals surface area contributed by atoms with Gasteiger partial charge in [0.2, 0.25) is 0 Å². The molecular formula is C9H18N. The Bertz CT molecular complexity index is 76.8. The van der Waals surface area contributed by atoms with Gasteiger partial charge in [0.15, 0.2) is 0 Å². The van der Waals surface area contributed by atoms with Crippen LogP contribution in [0.4, 0.5) is 0 Å². The number of allylic oxidation sites excluding steroid dienone is 1. The van der Waals surface area contributed by atoms with Gasteiger partial charge in [-0.3, -0.25) is 0 Å². The average molecular weight is 140 g/mol. The molecule has 0 amide bonds. The van der Waals surface area contributed by atoms with Gasteiger partial charge >= 0.3 is 0 Å². The molecule has 0 heterocycles. The second kappa shape index (κ2) is 8.54. The van der Waals surface area contributed by atoms with Crippen molar-refractivity contribution in [2.45, 2.75) is 45.4 Å². The third-order valence-corrected chi connectivity index (χ3v) is 1.59. The van der Waals surface area contributed by atoms with Crippen molar-refractivity contribution >= 4 is 0 Å². The van der Waals surface area contributed by atoms with Crippen molar-refractivity contribution < 1.29 is 0 Å². The van der Waals surface area contributed by atoms with Crippen molar-refractivity contribution in [2.24, 2.45) is 0 Å². The van der Waals surface area contributed by atoms with E-state index >= 15 is 0 Å². The zero-order chi connectivity index (χ0) is 7.66. The smallest absolute Gasteiger partial charge is 0.0137 e. The first kappa shape index (κ1) is 9.54. The van der Waals surface area contributed by atoms with E-state index in [-0.39, 0.29) is 0 Å². The van der Waals surface area contributed by atoms with Gasteiger partial charge in [-0.2, -0.15) is 0 Å². The first-order valence-electron chi connectivity index (χ1n) is 4.24. The minimum atomic E-state index is 1.09. The summed E-state index contributed by atoms with van der Waals surface area (Å²) in [5.41, 5.74) is 6.74. The molecule has 1 radical (unpaired) electrons. The molecule has 0 aromatic carbocycles. The second-order valence-electron chi connectivity index (χ2n) is 2.61. The summed E-state index contributed by atoms with van der Waals surface area (Å²) in [6.07, 6.45) is 11.0. The topological polar surface area (TPSA) is 23.8 Å². The standard InChI is InChI=1S/C9H18N/c1-2-3-4-5-6-7-8-9-10/h8-10H,2-7H2,1H3. The normalized spacial score (nSPS) is 10.9. The quantitative estimate of drug-likeness (QED) is 0.506. The van der Waals surface area contributed by atoms with E-state index in [0.29, 0.717) is 0 Å². The Morgan fingerprint density at radius 1 is 1.10 bits per heavy atom. The Labute approximate surface area is 64.3 Å². The van der Waals surface area contributed by atoms with Gasteiger partial charge in [0, 0.05) is 6.20 Å². The van der Waals surface area contributed by atoms with Crippen molar-refractivity contribution in [3.05, 3.63) is 12.3 Å². The van der Waals surface area contributed by atoms with E-state index in [9.17, 15) is 0 Å². The molecule has 0 atom stereocenters. The summed E-state index contributed by atoms with van der Waals surface area (Å²) in [5, 5.41) is 0. The summed E-state index contributed by atoms with van der Waals surface area (Å²) >= 11 is 0. The second-order valence-corrected chi connectivity index (χ2v) is 2.61. The van der Waals surface area contributed by atoms with Crippen LogP contribution in [-0.4, -0.2) is 0 Å². The molecule has 0 saturated carbocycles. The highest BCUT2D eigenvalue weighted by Crippen LogP contribution is 2.04. The first-order chi connectivity index (χ1) is 4.91. The van der Waals surface area contributed by atoms with Gasteiger partial charge in [-0.1, -0.05) is 38.7 Å². The summed E-state index contributed by atoms with van der Waals surface area (Å²) in [5.74, 6) is 0. The van der Waals surface area contributed by atoms with Gasteiger partial charge < -0.3 is 5.73 Å². The lowest BCUT2D eigenvalue weighted by Crippen LogP contribution is -1.75. The van der Waals surface area contributed by atoms with Gasteiger partial charge in [0.25, 0.3) is 0 Å². The van der Waals surface area contributed by atoms with E-state index in [4.69, 9.17) is 5.73 Å². The molecule has 0 aromatic heterocycles. The van der Waals surface area contributed by atoms with Crippen molar-refractivity contribution in [2.75, 3.05) is 0 Å². The molecule has 0 aliphatic heterocycles. The van der Waals surface area contributed by atoms with Crippen LogP contribution in [-0.2, 0) is 0 Å². The Morgan fingerprint density at radius 2 is 1.80 bits per heavy atom. The molecule has 0 rings (SSSR count). The van der Waals surface area contributed by atoms with E-state index in [0.717, 1.165) is 6.42 Å². The summed E-state index contributed by atoms with van der Waals surface area (Å²) < 4.78 is 0. The van der Waals surface area contributed by atoms with Crippen LogP contribution in [0.1, 0.15) is 45.4 Å². The maximum atomic E-state index is 6.74. The molecule has 0 unspecified atom stereocenters. The van der Waals surface area contributed by atoms with E-state index in [1.54, 1.807) is 0 Å². The van der Waals surface area contributed by atoms with Crippen molar-refractivity contribution in [1.29, 1.82) is 0 Å². The molecular weight excluding hydrogens is 122 g/mol. The van der Waals surface area contributed by atoms with E-state index < -0.39 is 0 Å². The monoisotopic (exact) mass is 140 g/mol. The van der Waals surface area contributed by atoms with Crippen LogP contribution in [0.3, 0.4) is 0 Å². The number of hydrogen-bond acceptors (Lipinski definition) is 0. The average Bonchev–Trinajstić information content (AvgIpc) is 1.97. The zero-order valence-electron chi connectivity index (χ0n) is 6.90. The number of hydrogen-bond donors (Lipinski definition) is 0. The number of nitrogens with one attached hydrogen (secondary N) is 1. The Balaban J connectivity index is 2.77. The van der Waals surface area contributed by atoms with Gasteiger partial charge in [0.05, 0.1) is 0 Å². The van der Waals surface area contributed by atoms with Crippen LogP contribution in [0.15, 0.2) is 12.3 Å². The highest BCUT2D eigenvalue weighted by atomic mass is 14.5. The third-order valence-electron chi connectivity index (χ3n) is 1.59. The first-order valence-corrected chi connectivity index (χ1v) is 4.24. The molecule has 0 bridgehead atoms. The predicted octanol–water partition coefficient (Wildman–Crippen LogP) is 3.14. The summed E-state index contributed by atoms with van der Waals surface area (Å²) in [7, 11) is 0. The van der Waals surface area contributed by atoms with Crippen molar-refractivity contribution in [3.63, 3.8) is 0 Å². The molecule has 0 aliphatic rings.